The lowest BCUT2D eigenvalue weighted by molar-refractivity contribution is -0.135. The standard InChI is InChI=1S/C18H16N4O2/c1-12-10-15(22-18(19)21-12)7-6-13-4-2-3-5-16(13)20-11-14-8-9-24-17(14)23/h2-5,10-11,20H,8-9H2,1H3,(H2,19,21,22)/b14-11+. The van der Waals surface area contributed by atoms with E-state index in [1.165, 1.54) is 0 Å². The van der Waals surface area contributed by atoms with Gasteiger partial charge < -0.3 is 15.8 Å². The summed E-state index contributed by atoms with van der Waals surface area (Å²) in [5.74, 6) is 5.98. The van der Waals surface area contributed by atoms with Gasteiger partial charge in [-0.25, -0.2) is 14.8 Å². The fourth-order valence-electron chi connectivity index (χ4n) is 2.25. The number of aromatic nitrogens is 2. The second kappa shape index (κ2) is 6.84. The molecule has 0 unspecified atom stereocenters. The van der Waals surface area contributed by atoms with Gasteiger partial charge in [-0.1, -0.05) is 18.1 Å². The van der Waals surface area contributed by atoms with Crippen LogP contribution in [0.3, 0.4) is 0 Å². The third-order valence-corrected chi connectivity index (χ3v) is 3.39. The maximum atomic E-state index is 11.5. The minimum atomic E-state index is -0.280. The Morgan fingerprint density at radius 2 is 2.12 bits per heavy atom. The topological polar surface area (TPSA) is 90.1 Å². The number of aryl methyl sites for hydroxylation is 1. The average molecular weight is 320 g/mol. The van der Waals surface area contributed by atoms with Crippen LogP contribution in [0, 0.1) is 18.8 Å². The predicted octanol–water partition coefficient (Wildman–Crippen LogP) is 2.01. The fourth-order valence-corrected chi connectivity index (χ4v) is 2.25. The molecule has 1 aliphatic heterocycles. The third-order valence-electron chi connectivity index (χ3n) is 3.39. The van der Waals surface area contributed by atoms with E-state index in [1.54, 1.807) is 12.3 Å². The summed E-state index contributed by atoms with van der Waals surface area (Å²) in [5, 5.41) is 3.12. The van der Waals surface area contributed by atoms with Gasteiger partial charge in [-0.2, -0.15) is 0 Å². The molecule has 6 nitrogen and oxygen atoms in total. The molecule has 2 aromatic rings. The molecule has 0 bridgehead atoms. The molecule has 1 fully saturated rings. The van der Waals surface area contributed by atoms with Crippen molar-refractivity contribution in [1.29, 1.82) is 0 Å². The summed E-state index contributed by atoms with van der Waals surface area (Å²) in [4.78, 5) is 19.6. The Hall–Kier alpha value is -3.33. The zero-order valence-electron chi connectivity index (χ0n) is 13.2. The highest BCUT2D eigenvalue weighted by Crippen LogP contribution is 2.17. The van der Waals surface area contributed by atoms with Gasteiger partial charge in [0, 0.05) is 23.9 Å². The van der Waals surface area contributed by atoms with E-state index < -0.39 is 0 Å². The van der Waals surface area contributed by atoms with Crippen molar-refractivity contribution in [3.05, 3.63) is 59.1 Å². The zero-order valence-corrected chi connectivity index (χ0v) is 13.2. The highest BCUT2D eigenvalue weighted by Gasteiger charge is 2.18. The van der Waals surface area contributed by atoms with Crippen LogP contribution in [0.15, 0.2) is 42.1 Å². The Bertz CT molecular complexity index is 858. The summed E-state index contributed by atoms with van der Waals surface area (Å²) in [5.41, 5.74) is 9.18. The first-order chi connectivity index (χ1) is 11.6. The molecule has 0 aliphatic carbocycles. The molecule has 0 radical (unpaired) electrons. The van der Waals surface area contributed by atoms with Crippen LogP contribution < -0.4 is 11.1 Å². The van der Waals surface area contributed by atoms with Crippen molar-refractivity contribution in [2.45, 2.75) is 13.3 Å². The molecule has 1 aromatic heterocycles. The van der Waals surface area contributed by atoms with Crippen molar-refractivity contribution in [3.8, 4) is 11.8 Å². The smallest absolute Gasteiger partial charge is 0.335 e. The van der Waals surface area contributed by atoms with E-state index in [4.69, 9.17) is 10.5 Å². The number of ether oxygens (including phenoxy) is 1. The zero-order chi connectivity index (χ0) is 16.9. The molecule has 6 heteroatoms. The molecule has 2 heterocycles. The minimum absolute atomic E-state index is 0.204. The van der Waals surface area contributed by atoms with E-state index in [0.717, 1.165) is 16.9 Å². The van der Waals surface area contributed by atoms with Gasteiger partial charge in [0.2, 0.25) is 5.95 Å². The molecule has 1 aromatic carbocycles. The summed E-state index contributed by atoms with van der Waals surface area (Å²) >= 11 is 0. The number of nitrogens with zero attached hydrogens (tertiary/aromatic N) is 2. The first-order valence-corrected chi connectivity index (χ1v) is 7.47. The number of cyclic esters (lactones) is 1. The van der Waals surface area contributed by atoms with Crippen molar-refractivity contribution in [1.82, 2.24) is 9.97 Å². The number of rotatable bonds is 2. The van der Waals surface area contributed by atoms with Crippen LogP contribution in [-0.2, 0) is 9.53 Å². The molecule has 3 rings (SSSR count). The maximum Gasteiger partial charge on any atom is 0.335 e. The van der Waals surface area contributed by atoms with Gasteiger partial charge in [0.05, 0.1) is 17.9 Å². The summed E-state index contributed by atoms with van der Waals surface area (Å²) in [6, 6.07) is 9.34. The number of carbonyl (C=O) groups is 1. The molecular weight excluding hydrogens is 304 g/mol. The molecule has 0 atom stereocenters. The van der Waals surface area contributed by atoms with Gasteiger partial charge in [0.15, 0.2) is 0 Å². The van der Waals surface area contributed by atoms with Crippen LogP contribution in [0.25, 0.3) is 0 Å². The molecule has 0 amide bonds. The molecule has 1 saturated heterocycles. The summed E-state index contributed by atoms with van der Waals surface area (Å²) in [6.45, 7) is 2.27. The van der Waals surface area contributed by atoms with Gasteiger partial charge in [-0.15, -0.1) is 0 Å². The van der Waals surface area contributed by atoms with Crippen molar-refractivity contribution in [3.63, 3.8) is 0 Å². The van der Waals surface area contributed by atoms with E-state index in [-0.39, 0.29) is 11.9 Å². The summed E-state index contributed by atoms with van der Waals surface area (Å²) in [7, 11) is 0. The lowest BCUT2D eigenvalue weighted by Gasteiger charge is -2.04. The molecule has 24 heavy (non-hydrogen) atoms. The molecule has 3 N–H and O–H groups in total. The largest absolute Gasteiger partial charge is 0.462 e. The average Bonchev–Trinajstić information content (AvgIpc) is 2.96. The predicted molar refractivity (Wildman–Crippen MR) is 90.9 cm³/mol. The highest BCUT2D eigenvalue weighted by molar-refractivity contribution is 5.90. The Balaban J connectivity index is 1.85. The Morgan fingerprint density at radius 3 is 2.88 bits per heavy atom. The minimum Gasteiger partial charge on any atom is -0.462 e. The van der Waals surface area contributed by atoms with Gasteiger partial charge in [0.25, 0.3) is 0 Å². The Morgan fingerprint density at radius 1 is 1.29 bits per heavy atom. The molecular formula is C18H16N4O2. The number of nitrogens with one attached hydrogen (secondary N) is 1. The van der Waals surface area contributed by atoms with Gasteiger partial charge in [-0.3, -0.25) is 0 Å². The number of anilines is 2. The van der Waals surface area contributed by atoms with E-state index in [9.17, 15) is 4.79 Å². The highest BCUT2D eigenvalue weighted by atomic mass is 16.5. The van der Waals surface area contributed by atoms with Gasteiger partial charge >= 0.3 is 5.97 Å². The van der Waals surface area contributed by atoms with Gasteiger partial charge in [-0.05, 0) is 31.0 Å². The van der Waals surface area contributed by atoms with Crippen LogP contribution in [0.5, 0.6) is 0 Å². The van der Waals surface area contributed by atoms with Crippen molar-refractivity contribution in [2.24, 2.45) is 0 Å². The van der Waals surface area contributed by atoms with E-state index in [0.29, 0.717) is 24.3 Å². The van der Waals surface area contributed by atoms with E-state index in [2.05, 4.69) is 27.1 Å². The van der Waals surface area contributed by atoms with E-state index >= 15 is 0 Å². The van der Waals surface area contributed by atoms with Crippen molar-refractivity contribution >= 4 is 17.6 Å². The number of benzene rings is 1. The van der Waals surface area contributed by atoms with Crippen LogP contribution in [0.1, 0.15) is 23.4 Å². The van der Waals surface area contributed by atoms with Crippen molar-refractivity contribution in [2.75, 3.05) is 17.7 Å². The fraction of sp³-hybridized carbons (Fsp3) is 0.167. The van der Waals surface area contributed by atoms with Crippen LogP contribution in [0.2, 0.25) is 0 Å². The Labute approximate surface area is 139 Å². The molecule has 1 aliphatic rings. The maximum absolute atomic E-state index is 11.5. The van der Waals surface area contributed by atoms with E-state index in [1.807, 2.05) is 31.2 Å². The number of esters is 1. The normalized spacial score (nSPS) is 14.9. The third kappa shape index (κ3) is 3.70. The SMILES string of the molecule is Cc1cc(C#Cc2ccccc2N/C=C2\CCOC2=O)nc(N)n1. The van der Waals surface area contributed by atoms with Crippen LogP contribution >= 0.6 is 0 Å². The first kappa shape index (κ1) is 15.6. The number of nitrogen functional groups attached to an aromatic ring is 1. The lowest BCUT2D eigenvalue weighted by atomic mass is 10.1. The molecule has 120 valence electrons. The summed E-state index contributed by atoms with van der Waals surface area (Å²) < 4.78 is 4.91. The molecule has 0 spiro atoms. The lowest BCUT2D eigenvalue weighted by Crippen LogP contribution is -1.99. The second-order valence-electron chi connectivity index (χ2n) is 5.25. The Kier molecular flexibility index (Phi) is 4.43. The number of nitrogens with two attached hydrogens (primary N) is 1. The molecule has 0 saturated carbocycles. The van der Waals surface area contributed by atoms with Crippen molar-refractivity contribution < 1.29 is 9.53 Å². The number of carbonyl (C=O) groups excluding carboxylic acids is 1. The number of para-hydroxylation sites is 1. The summed E-state index contributed by atoms with van der Waals surface area (Å²) in [6.07, 6.45) is 2.28. The second-order valence-corrected chi connectivity index (χ2v) is 5.25. The van der Waals surface area contributed by atoms with Crippen LogP contribution in [-0.4, -0.2) is 22.5 Å². The number of hydrogen-bond acceptors (Lipinski definition) is 6. The van der Waals surface area contributed by atoms with Gasteiger partial charge in [0.1, 0.15) is 5.69 Å². The first-order valence-electron chi connectivity index (χ1n) is 7.47. The monoisotopic (exact) mass is 320 g/mol. The quantitative estimate of drug-likeness (QED) is 0.500. The number of hydrogen-bond donors (Lipinski definition) is 2. The van der Waals surface area contributed by atoms with Crippen LogP contribution in [0.4, 0.5) is 11.6 Å².